The lowest BCUT2D eigenvalue weighted by molar-refractivity contribution is -0.113. The van der Waals surface area contributed by atoms with Crippen LogP contribution in [0.2, 0.25) is 10.0 Å². The lowest BCUT2D eigenvalue weighted by Gasteiger charge is -2.15. The van der Waals surface area contributed by atoms with E-state index in [2.05, 4.69) is 0 Å². The number of carbonyl (C=O) groups excluding carboxylic acids is 1. The highest BCUT2D eigenvalue weighted by Gasteiger charge is 2.33. The van der Waals surface area contributed by atoms with E-state index >= 15 is 0 Å². The van der Waals surface area contributed by atoms with Gasteiger partial charge in [0, 0.05) is 0 Å². The summed E-state index contributed by atoms with van der Waals surface area (Å²) in [6, 6.07) is 10.6. The number of halogens is 2. The molecule has 1 saturated heterocycles. The Hall–Kier alpha value is -1.73. The molecule has 1 aliphatic heterocycles. The van der Waals surface area contributed by atoms with Crippen LogP contribution in [0.5, 0.6) is 11.5 Å². The molecule has 0 spiro atoms. The monoisotopic (exact) mass is 467 g/mol. The van der Waals surface area contributed by atoms with Gasteiger partial charge >= 0.3 is 0 Å². The third-order valence-electron chi connectivity index (χ3n) is 3.98. The quantitative estimate of drug-likeness (QED) is 0.339. The molecule has 1 aliphatic rings. The normalized spacial score (nSPS) is 15.3. The number of ether oxygens (including phenoxy) is 2. The molecule has 0 saturated carbocycles. The number of amides is 1. The number of carbonyl (C=O) groups is 1. The van der Waals surface area contributed by atoms with E-state index < -0.39 is 0 Å². The molecule has 152 valence electrons. The Bertz CT molecular complexity index is 978. The van der Waals surface area contributed by atoms with E-state index in [9.17, 15) is 4.79 Å². The van der Waals surface area contributed by atoms with Gasteiger partial charge in [0.1, 0.15) is 0 Å². The zero-order chi connectivity index (χ0) is 21.0. The van der Waals surface area contributed by atoms with Crippen molar-refractivity contribution in [2.75, 3.05) is 18.1 Å². The Morgan fingerprint density at radius 3 is 2.55 bits per heavy atom. The van der Waals surface area contributed by atoms with Crippen molar-refractivity contribution < 1.29 is 14.3 Å². The first kappa shape index (κ1) is 22.0. The van der Waals surface area contributed by atoms with Crippen LogP contribution in [0, 0.1) is 0 Å². The summed E-state index contributed by atoms with van der Waals surface area (Å²) in [4.78, 5) is 14.9. The van der Waals surface area contributed by atoms with Gasteiger partial charge in [0.25, 0.3) is 5.91 Å². The van der Waals surface area contributed by atoms with Crippen LogP contribution in [0.25, 0.3) is 6.08 Å². The maximum atomic E-state index is 13.0. The number of anilines is 1. The summed E-state index contributed by atoms with van der Waals surface area (Å²) < 4.78 is 11.9. The van der Waals surface area contributed by atoms with Crippen molar-refractivity contribution in [2.45, 2.75) is 20.3 Å². The summed E-state index contributed by atoms with van der Waals surface area (Å²) in [6.45, 7) is 5.09. The molecule has 3 rings (SSSR count). The molecule has 0 bridgehead atoms. The van der Waals surface area contributed by atoms with Crippen LogP contribution in [0.15, 0.2) is 41.3 Å². The summed E-state index contributed by atoms with van der Waals surface area (Å²) in [5.74, 6) is 1.13. The first-order valence-corrected chi connectivity index (χ1v) is 11.0. The van der Waals surface area contributed by atoms with Crippen LogP contribution in [0.1, 0.15) is 25.8 Å². The van der Waals surface area contributed by atoms with E-state index in [1.54, 1.807) is 24.3 Å². The third kappa shape index (κ3) is 5.07. The average Bonchev–Trinajstić information content (AvgIpc) is 2.97. The van der Waals surface area contributed by atoms with E-state index in [0.717, 1.165) is 12.0 Å². The maximum absolute atomic E-state index is 13.0. The van der Waals surface area contributed by atoms with Crippen LogP contribution in [-0.4, -0.2) is 23.4 Å². The molecular weight excluding hydrogens is 449 g/mol. The fourth-order valence-electron chi connectivity index (χ4n) is 2.68. The fourth-order valence-corrected chi connectivity index (χ4v) is 4.27. The predicted octanol–water partition coefficient (Wildman–Crippen LogP) is 6.59. The minimum absolute atomic E-state index is 0.206. The zero-order valence-corrected chi connectivity index (χ0v) is 19.1. The van der Waals surface area contributed by atoms with E-state index in [0.29, 0.717) is 49.7 Å². The Kier molecular flexibility index (Phi) is 7.46. The molecule has 1 heterocycles. The lowest BCUT2D eigenvalue weighted by atomic mass is 10.1. The maximum Gasteiger partial charge on any atom is 0.270 e. The van der Waals surface area contributed by atoms with Gasteiger partial charge in [-0.2, -0.15) is 0 Å². The van der Waals surface area contributed by atoms with E-state index in [1.807, 2.05) is 32.0 Å². The second-order valence-electron chi connectivity index (χ2n) is 6.10. The summed E-state index contributed by atoms with van der Waals surface area (Å²) in [5.41, 5.74) is 1.41. The smallest absolute Gasteiger partial charge is 0.270 e. The van der Waals surface area contributed by atoms with Crippen LogP contribution < -0.4 is 14.4 Å². The van der Waals surface area contributed by atoms with Crippen LogP contribution in [0.4, 0.5) is 5.69 Å². The molecule has 4 nitrogen and oxygen atoms in total. The van der Waals surface area contributed by atoms with Gasteiger partial charge in [-0.15, -0.1) is 0 Å². The van der Waals surface area contributed by atoms with Gasteiger partial charge < -0.3 is 9.47 Å². The van der Waals surface area contributed by atoms with Crippen molar-refractivity contribution in [1.82, 2.24) is 0 Å². The standard InChI is InChI=1S/C21H19Cl2NO3S2/c1-3-9-27-17-8-5-13(10-18(17)26-4-2)11-19-20(25)24(21(28)29-19)14-6-7-15(22)16(23)12-14/h5-8,10-12H,3-4,9H2,1-2H3/b19-11+. The van der Waals surface area contributed by atoms with Gasteiger partial charge in [-0.1, -0.05) is 60.2 Å². The molecule has 1 amide bonds. The van der Waals surface area contributed by atoms with Crippen molar-refractivity contribution in [3.8, 4) is 11.5 Å². The molecular formula is C21H19Cl2NO3S2. The van der Waals surface area contributed by atoms with E-state index in [1.165, 1.54) is 16.7 Å². The zero-order valence-electron chi connectivity index (χ0n) is 15.9. The molecule has 1 fully saturated rings. The van der Waals surface area contributed by atoms with Crippen molar-refractivity contribution >= 4 is 69.2 Å². The molecule has 0 aliphatic carbocycles. The van der Waals surface area contributed by atoms with Crippen molar-refractivity contribution in [1.29, 1.82) is 0 Å². The average molecular weight is 468 g/mol. The van der Waals surface area contributed by atoms with E-state index in [4.69, 9.17) is 44.9 Å². The van der Waals surface area contributed by atoms with Gasteiger partial charge in [-0.05, 0) is 55.3 Å². The highest BCUT2D eigenvalue weighted by atomic mass is 35.5. The molecule has 0 unspecified atom stereocenters. The molecule has 29 heavy (non-hydrogen) atoms. The van der Waals surface area contributed by atoms with Gasteiger partial charge in [-0.25, -0.2) is 0 Å². The largest absolute Gasteiger partial charge is 0.490 e. The predicted molar refractivity (Wildman–Crippen MR) is 126 cm³/mol. The minimum Gasteiger partial charge on any atom is -0.490 e. The second-order valence-corrected chi connectivity index (χ2v) is 8.59. The summed E-state index contributed by atoms with van der Waals surface area (Å²) in [5, 5.41) is 0.788. The number of nitrogens with zero attached hydrogens (tertiary/aromatic N) is 1. The van der Waals surface area contributed by atoms with Gasteiger partial charge in [0.2, 0.25) is 0 Å². The highest BCUT2D eigenvalue weighted by molar-refractivity contribution is 8.27. The van der Waals surface area contributed by atoms with Gasteiger partial charge in [0.15, 0.2) is 15.8 Å². The number of thiocarbonyl (C=S) groups is 1. The number of hydrogen-bond donors (Lipinski definition) is 0. The first-order chi connectivity index (χ1) is 13.9. The first-order valence-electron chi connectivity index (χ1n) is 9.07. The van der Waals surface area contributed by atoms with Crippen molar-refractivity contribution in [3.05, 3.63) is 56.9 Å². The van der Waals surface area contributed by atoms with Crippen LogP contribution in [0.3, 0.4) is 0 Å². The second kappa shape index (κ2) is 9.85. The molecule has 0 aromatic heterocycles. The fraction of sp³-hybridized carbons (Fsp3) is 0.238. The van der Waals surface area contributed by atoms with Crippen LogP contribution in [-0.2, 0) is 4.79 Å². The number of thioether (sulfide) groups is 1. The number of benzene rings is 2. The van der Waals surface area contributed by atoms with Gasteiger partial charge in [0.05, 0.1) is 33.9 Å². The van der Waals surface area contributed by atoms with Crippen molar-refractivity contribution in [3.63, 3.8) is 0 Å². The molecule has 0 atom stereocenters. The SMILES string of the molecule is CCCOc1ccc(/C=C2/SC(=S)N(c3ccc(Cl)c(Cl)c3)C2=O)cc1OCC. The highest BCUT2D eigenvalue weighted by Crippen LogP contribution is 2.38. The number of hydrogen-bond acceptors (Lipinski definition) is 5. The Labute approximate surface area is 189 Å². The summed E-state index contributed by atoms with van der Waals surface area (Å²) in [6.07, 6.45) is 2.70. The Morgan fingerprint density at radius 1 is 1.07 bits per heavy atom. The van der Waals surface area contributed by atoms with Crippen molar-refractivity contribution in [2.24, 2.45) is 0 Å². The van der Waals surface area contributed by atoms with Crippen LogP contribution >= 0.6 is 47.2 Å². The molecule has 8 heteroatoms. The molecule has 2 aromatic carbocycles. The van der Waals surface area contributed by atoms with Gasteiger partial charge in [-0.3, -0.25) is 9.69 Å². The molecule has 2 aromatic rings. The topological polar surface area (TPSA) is 38.8 Å². The minimum atomic E-state index is -0.206. The lowest BCUT2D eigenvalue weighted by Crippen LogP contribution is -2.27. The third-order valence-corrected chi connectivity index (χ3v) is 6.02. The summed E-state index contributed by atoms with van der Waals surface area (Å²) in [7, 11) is 0. The summed E-state index contributed by atoms with van der Waals surface area (Å²) >= 11 is 18.7. The number of rotatable bonds is 7. The molecule has 0 N–H and O–H groups in total. The Balaban J connectivity index is 1.88. The molecule has 0 radical (unpaired) electrons. The Morgan fingerprint density at radius 2 is 1.86 bits per heavy atom. The van der Waals surface area contributed by atoms with E-state index in [-0.39, 0.29) is 5.91 Å².